The average Bonchev–Trinajstić information content (AvgIpc) is 3.95. The summed E-state index contributed by atoms with van der Waals surface area (Å²) in [5.74, 6) is 2.03. The average molecular weight is 727 g/mol. The van der Waals surface area contributed by atoms with Crippen molar-refractivity contribution in [3.8, 4) is 73.2 Å². The highest BCUT2D eigenvalue weighted by molar-refractivity contribution is 6.09. The molecule has 4 heteroatoms. The summed E-state index contributed by atoms with van der Waals surface area (Å²) in [6.07, 6.45) is 1.80. The summed E-state index contributed by atoms with van der Waals surface area (Å²) in [4.78, 5) is 14.9. The highest BCUT2D eigenvalue weighted by Crippen LogP contribution is 2.43. The van der Waals surface area contributed by atoms with Gasteiger partial charge in [-0.15, -0.1) is 0 Å². The van der Waals surface area contributed by atoms with Crippen molar-refractivity contribution < 1.29 is 0 Å². The third-order valence-corrected chi connectivity index (χ3v) is 11.9. The van der Waals surface area contributed by atoms with Crippen LogP contribution in [0.2, 0.25) is 0 Å². The lowest BCUT2D eigenvalue weighted by molar-refractivity contribution is 1.07. The second kappa shape index (κ2) is 12.6. The minimum atomic E-state index is 0.675. The van der Waals surface area contributed by atoms with Crippen LogP contribution < -0.4 is 0 Å². The summed E-state index contributed by atoms with van der Waals surface area (Å²) < 4.78 is 2.42. The Morgan fingerprint density at radius 3 is 1.21 bits per heavy atom. The molecule has 12 rings (SSSR count). The molecule has 4 nitrogen and oxygen atoms in total. The van der Waals surface area contributed by atoms with Crippen LogP contribution in [0.3, 0.4) is 0 Å². The SMILES string of the molecule is c1ccc(-c2nc(-c3ccccc3)nc(-c3ccc4c(c3)Cc3cc(-c5ccc6c(c5)Cc5cc(-n7c8ccccc8c8ccccc87)ccc5-6)ccc3-4)n2)cc1. The number of nitrogens with zero attached hydrogens (tertiary/aromatic N) is 4. The molecular weight excluding hydrogens is 693 g/mol. The Morgan fingerprint density at radius 1 is 0.316 bits per heavy atom. The van der Waals surface area contributed by atoms with Crippen molar-refractivity contribution in [2.45, 2.75) is 12.8 Å². The Kier molecular flexibility index (Phi) is 7.02. The number of hydrogen-bond acceptors (Lipinski definition) is 3. The van der Waals surface area contributed by atoms with Gasteiger partial charge < -0.3 is 4.57 Å². The predicted octanol–water partition coefficient (Wildman–Crippen LogP) is 12.8. The van der Waals surface area contributed by atoms with E-state index in [4.69, 9.17) is 15.0 Å². The van der Waals surface area contributed by atoms with Crippen molar-refractivity contribution in [2.75, 3.05) is 0 Å². The van der Waals surface area contributed by atoms with Gasteiger partial charge in [-0.25, -0.2) is 15.0 Å². The summed E-state index contributed by atoms with van der Waals surface area (Å²) in [5, 5.41) is 2.58. The number of aromatic nitrogens is 4. The van der Waals surface area contributed by atoms with Gasteiger partial charge in [0.05, 0.1) is 11.0 Å². The summed E-state index contributed by atoms with van der Waals surface area (Å²) in [6.45, 7) is 0. The van der Waals surface area contributed by atoms with E-state index in [1.54, 1.807) is 0 Å². The Labute approximate surface area is 330 Å². The molecule has 0 bridgehead atoms. The Balaban J connectivity index is 0.848. The second-order valence-corrected chi connectivity index (χ2v) is 15.2. The molecule has 2 heterocycles. The molecule has 0 spiro atoms. The van der Waals surface area contributed by atoms with E-state index in [1.807, 2.05) is 36.4 Å². The molecule has 8 aromatic carbocycles. The van der Waals surface area contributed by atoms with Gasteiger partial charge in [0.1, 0.15) is 0 Å². The van der Waals surface area contributed by atoms with E-state index in [-0.39, 0.29) is 0 Å². The van der Waals surface area contributed by atoms with Gasteiger partial charge in [-0.05, 0) is 98.8 Å². The van der Waals surface area contributed by atoms with Crippen LogP contribution in [0.25, 0.3) is 95.0 Å². The molecule has 266 valence electrons. The third kappa shape index (κ3) is 5.18. The van der Waals surface area contributed by atoms with E-state index in [1.165, 1.54) is 83.1 Å². The lowest BCUT2D eigenvalue weighted by atomic mass is 9.96. The first kappa shape index (κ1) is 31.9. The molecule has 0 unspecified atom stereocenters. The molecule has 0 fully saturated rings. The van der Waals surface area contributed by atoms with Crippen LogP contribution in [-0.2, 0) is 12.8 Å². The van der Waals surface area contributed by atoms with Crippen LogP contribution >= 0.6 is 0 Å². The predicted molar refractivity (Wildman–Crippen MR) is 232 cm³/mol. The van der Waals surface area contributed by atoms with Crippen LogP contribution in [-0.4, -0.2) is 19.5 Å². The van der Waals surface area contributed by atoms with Crippen LogP contribution in [0.1, 0.15) is 22.3 Å². The fourth-order valence-electron chi connectivity index (χ4n) is 9.18. The summed E-state index contributed by atoms with van der Waals surface area (Å²) >= 11 is 0. The zero-order valence-corrected chi connectivity index (χ0v) is 31.0. The van der Waals surface area contributed by atoms with Crippen molar-refractivity contribution in [1.29, 1.82) is 0 Å². The minimum Gasteiger partial charge on any atom is -0.309 e. The molecule has 10 aromatic rings. The maximum Gasteiger partial charge on any atom is 0.164 e. The quantitative estimate of drug-likeness (QED) is 0.177. The maximum absolute atomic E-state index is 4.99. The highest BCUT2D eigenvalue weighted by Gasteiger charge is 2.24. The molecule has 0 radical (unpaired) electrons. The van der Waals surface area contributed by atoms with E-state index >= 15 is 0 Å². The molecule has 2 aromatic heterocycles. The van der Waals surface area contributed by atoms with E-state index in [9.17, 15) is 0 Å². The first-order valence-corrected chi connectivity index (χ1v) is 19.6. The lowest BCUT2D eigenvalue weighted by Crippen LogP contribution is -2.00. The van der Waals surface area contributed by atoms with Crippen molar-refractivity contribution in [2.24, 2.45) is 0 Å². The minimum absolute atomic E-state index is 0.675. The third-order valence-electron chi connectivity index (χ3n) is 11.9. The van der Waals surface area contributed by atoms with Gasteiger partial charge in [0, 0.05) is 33.2 Å². The number of benzene rings is 8. The first-order chi connectivity index (χ1) is 28.2. The van der Waals surface area contributed by atoms with Crippen LogP contribution in [0.4, 0.5) is 0 Å². The molecule has 57 heavy (non-hydrogen) atoms. The molecule has 0 N–H and O–H groups in total. The lowest BCUT2D eigenvalue weighted by Gasteiger charge is -2.10. The van der Waals surface area contributed by atoms with Crippen molar-refractivity contribution >= 4 is 21.8 Å². The molecule has 0 amide bonds. The number of rotatable bonds is 5. The van der Waals surface area contributed by atoms with E-state index < -0.39 is 0 Å². The summed E-state index contributed by atoms with van der Waals surface area (Å²) in [5.41, 5.74) is 19.8. The molecular formula is C53H34N4. The van der Waals surface area contributed by atoms with E-state index in [0.29, 0.717) is 17.5 Å². The van der Waals surface area contributed by atoms with Gasteiger partial charge in [0.15, 0.2) is 17.5 Å². The highest BCUT2D eigenvalue weighted by atomic mass is 15.0. The molecule has 0 aliphatic heterocycles. The van der Waals surface area contributed by atoms with Crippen LogP contribution in [0.15, 0.2) is 182 Å². The second-order valence-electron chi connectivity index (χ2n) is 15.2. The smallest absolute Gasteiger partial charge is 0.164 e. The van der Waals surface area contributed by atoms with Gasteiger partial charge >= 0.3 is 0 Å². The standard InChI is InChI=1S/C53H34N4/c1-3-11-33(12-4-1)51-54-52(34-13-5-2-6-14-34)56-53(55-51)37-21-25-45-40(29-37)30-38-27-35(19-23-43(38)45)36-20-24-44-39(28-36)31-41-32-42(22-26-46(41)44)57-49-17-9-7-15-47(49)48-16-8-10-18-50(48)57/h1-29,32H,30-31H2. The largest absolute Gasteiger partial charge is 0.309 e. The van der Waals surface area contributed by atoms with E-state index in [0.717, 1.165) is 29.5 Å². The Bertz CT molecular complexity index is 3120. The summed E-state index contributed by atoms with van der Waals surface area (Å²) in [7, 11) is 0. The fourth-order valence-corrected chi connectivity index (χ4v) is 9.18. The topological polar surface area (TPSA) is 43.6 Å². The monoisotopic (exact) mass is 726 g/mol. The normalized spacial score (nSPS) is 12.4. The summed E-state index contributed by atoms with van der Waals surface area (Å²) in [6, 6.07) is 65.5. The van der Waals surface area contributed by atoms with Crippen molar-refractivity contribution in [3.05, 3.63) is 204 Å². The van der Waals surface area contributed by atoms with Crippen LogP contribution in [0, 0.1) is 0 Å². The molecule has 2 aliphatic rings. The number of hydrogen-bond donors (Lipinski definition) is 0. The number of fused-ring (bicyclic) bond motifs is 9. The molecule has 0 saturated carbocycles. The molecule has 0 atom stereocenters. The molecule has 2 aliphatic carbocycles. The van der Waals surface area contributed by atoms with Gasteiger partial charge in [-0.1, -0.05) is 152 Å². The van der Waals surface area contributed by atoms with Gasteiger partial charge in [0.25, 0.3) is 0 Å². The Morgan fingerprint density at radius 2 is 0.702 bits per heavy atom. The zero-order chi connectivity index (χ0) is 37.5. The van der Waals surface area contributed by atoms with Crippen molar-refractivity contribution in [1.82, 2.24) is 19.5 Å². The number of para-hydroxylation sites is 2. The van der Waals surface area contributed by atoms with Crippen LogP contribution in [0.5, 0.6) is 0 Å². The van der Waals surface area contributed by atoms with Gasteiger partial charge in [-0.3, -0.25) is 0 Å². The fraction of sp³-hybridized carbons (Fsp3) is 0.0377. The van der Waals surface area contributed by atoms with Gasteiger partial charge in [-0.2, -0.15) is 0 Å². The Hall–Kier alpha value is -7.43. The maximum atomic E-state index is 4.99. The van der Waals surface area contributed by atoms with Gasteiger partial charge in [0.2, 0.25) is 0 Å². The van der Waals surface area contributed by atoms with E-state index in [2.05, 4.69) is 150 Å². The molecule has 0 saturated heterocycles. The first-order valence-electron chi connectivity index (χ1n) is 19.6. The van der Waals surface area contributed by atoms with Crippen molar-refractivity contribution in [3.63, 3.8) is 0 Å². The zero-order valence-electron chi connectivity index (χ0n) is 31.0.